The summed E-state index contributed by atoms with van der Waals surface area (Å²) in [6.07, 6.45) is 6.73. The predicted molar refractivity (Wildman–Crippen MR) is 134 cm³/mol. The number of rotatable bonds is 5. The molecule has 5 rings (SSSR count). The van der Waals surface area contributed by atoms with Crippen LogP contribution < -0.4 is 5.32 Å². The first-order valence-electron chi connectivity index (χ1n) is 12.0. The van der Waals surface area contributed by atoms with Crippen LogP contribution in [-0.2, 0) is 20.8 Å². The SMILES string of the molecule is Cc1cnc(NC(=O)CCC2C(C=O)C(=O)C3(C)CCC4c5ccc(O)c(Br)c5CCC4C23)s1. The molecule has 1 heterocycles. The molecule has 34 heavy (non-hydrogen) atoms. The molecule has 6 nitrogen and oxygen atoms in total. The highest BCUT2D eigenvalue weighted by Gasteiger charge is 2.62. The summed E-state index contributed by atoms with van der Waals surface area (Å²) in [5, 5.41) is 13.6. The second-order valence-electron chi connectivity index (χ2n) is 10.3. The Hall–Kier alpha value is -2.06. The minimum atomic E-state index is -0.642. The number of nitrogens with zero attached hydrogens (tertiary/aromatic N) is 1. The number of aryl methyl sites for hydroxylation is 1. The monoisotopic (exact) mass is 544 g/mol. The molecule has 1 aromatic carbocycles. The van der Waals surface area contributed by atoms with Crippen molar-refractivity contribution in [3.8, 4) is 5.75 Å². The van der Waals surface area contributed by atoms with Crippen molar-refractivity contribution < 1.29 is 19.5 Å². The Morgan fingerprint density at radius 1 is 1.38 bits per heavy atom. The first-order chi connectivity index (χ1) is 16.2. The van der Waals surface area contributed by atoms with Gasteiger partial charge >= 0.3 is 0 Å². The summed E-state index contributed by atoms with van der Waals surface area (Å²) in [5.74, 6) is 0.0762. The van der Waals surface area contributed by atoms with E-state index in [1.807, 2.05) is 19.9 Å². The van der Waals surface area contributed by atoms with E-state index in [0.717, 1.165) is 46.9 Å². The van der Waals surface area contributed by atoms with Crippen LogP contribution >= 0.6 is 27.3 Å². The van der Waals surface area contributed by atoms with Crippen LogP contribution in [0.4, 0.5) is 5.13 Å². The summed E-state index contributed by atoms with van der Waals surface area (Å²) in [6.45, 7) is 3.99. The number of carbonyl (C=O) groups excluding carboxylic acids is 3. The van der Waals surface area contributed by atoms with Gasteiger partial charge in [0.1, 0.15) is 17.8 Å². The van der Waals surface area contributed by atoms with Crippen LogP contribution in [0, 0.1) is 36.0 Å². The molecule has 2 aromatic rings. The van der Waals surface area contributed by atoms with Crippen molar-refractivity contribution in [3.63, 3.8) is 0 Å². The van der Waals surface area contributed by atoms with Gasteiger partial charge in [-0.2, -0.15) is 0 Å². The first kappa shape index (κ1) is 23.7. The van der Waals surface area contributed by atoms with Crippen LogP contribution in [0.5, 0.6) is 5.75 Å². The Morgan fingerprint density at radius 2 is 2.18 bits per heavy atom. The number of carbonyl (C=O) groups is 3. The molecule has 0 spiro atoms. The predicted octanol–water partition coefficient (Wildman–Crippen LogP) is 5.41. The normalized spacial score (nSPS) is 32.0. The van der Waals surface area contributed by atoms with Crippen LogP contribution in [0.2, 0.25) is 0 Å². The Labute approximate surface area is 211 Å². The van der Waals surface area contributed by atoms with E-state index in [2.05, 4.69) is 26.2 Å². The van der Waals surface area contributed by atoms with Gasteiger partial charge in [-0.1, -0.05) is 13.0 Å². The van der Waals surface area contributed by atoms with Gasteiger partial charge < -0.3 is 15.2 Å². The molecule has 6 atom stereocenters. The van der Waals surface area contributed by atoms with E-state index in [-0.39, 0.29) is 41.6 Å². The van der Waals surface area contributed by atoms with Gasteiger partial charge in [0.25, 0.3) is 0 Å². The number of ketones is 1. The maximum Gasteiger partial charge on any atom is 0.226 e. The lowest BCUT2D eigenvalue weighted by molar-refractivity contribution is -0.133. The van der Waals surface area contributed by atoms with Gasteiger partial charge in [-0.15, -0.1) is 11.3 Å². The molecule has 2 fully saturated rings. The molecule has 2 N–H and O–H groups in total. The van der Waals surface area contributed by atoms with Crippen molar-refractivity contribution in [2.24, 2.45) is 29.1 Å². The van der Waals surface area contributed by atoms with Crippen molar-refractivity contribution in [3.05, 3.63) is 38.8 Å². The molecule has 180 valence electrons. The minimum Gasteiger partial charge on any atom is -0.507 e. The van der Waals surface area contributed by atoms with Crippen molar-refractivity contribution in [1.82, 2.24) is 4.98 Å². The van der Waals surface area contributed by atoms with E-state index in [1.54, 1.807) is 12.3 Å². The van der Waals surface area contributed by atoms with Crippen LogP contribution in [0.15, 0.2) is 22.8 Å². The molecule has 3 aliphatic rings. The summed E-state index contributed by atoms with van der Waals surface area (Å²) in [5.41, 5.74) is 1.89. The molecule has 8 heteroatoms. The standard InChI is InChI=1S/C26H29BrN2O4S/c1-13-11-28-25(34-13)29-21(32)8-6-17-19(12-30)24(33)26(2)10-9-15-14-5-7-20(31)23(27)18(14)4-3-16(15)22(17)26/h5,7,11-12,15-17,19,22,31H,3-4,6,8-10H2,1-2H3,(H,28,29,32). The number of aromatic nitrogens is 1. The van der Waals surface area contributed by atoms with Crippen LogP contribution in [0.25, 0.3) is 0 Å². The highest BCUT2D eigenvalue weighted by Crippen LogP contribution is 2.63. The van der Waals surface area contributed by atoms with E-state index in [0.29, 0.717) is 17.5 Å². The van der Waals surface area contributed by atoms with Gasteiger partial charge in [0.15, 0.2) is 5.13 Å². The van der Waals surface area contributed by atoms with Gasteiger partial charge in [-0.25, -0.2) is 4.98 Å². The molecule has 0 bridgehead atoms. The third-order valence-electron chi connectivity index (χ3n) is 8.58. The summed E-state index contributed by atoms with van der Waals surface area (Å²) in [7, 11) is 0. The second-order valence-corrected chi connectivity index (χ2v) is 12.3. The number of aldehydes is 1. The fourth-order valence-corrected chi connectivity index (χ4v) is 8.39. The molecule has 0 saturated heterocycles. The summed E-state index contributed by atoms with van der Waals surface area (Å²) >= 11 is 4.99. The third-order valence-corrected chi connectivity index (χ3v) is 10.3. The number of phenolic OH excluding ortho intramolecular Hbond substituents is 1. The lowest BCUT2D eigenvalue weighted by Crippen LogP contribution is -2.44. The number of phenols is 1. The Morgan fingerprint density at radius 3 is 2.88 bits per heavy atom. The van der Waals surface area contributed by atoms with Gasteiger partial charge in [0, 0.05) is 22.9 Å². The van der Waals surface area contributed by atoms with Crippen LogP contribution in [0.3, 0.4) is 0 Å². The van der Waals surface area contributed by atoms with Gasteiger partial charge in [0.2, 0.25) is 5.91 Å². The molecule has 1 amide bonds. The average molecular weight is 545 g/mol. The number of Topliss-reactive ketones (excluding diaryl/α,β-unsaturated/α-hetero) is 1. The number of halogens is 1. The number of aromatic hydroxyl groups is 1. The smallest absolute Gasteiger partial charge is 0.226 e. The fourth-order valence-electron chi connectivity index (χ4n) is 7.15. The quantitative estimate of drug-likeness (QED) is 0.387. The molecule has 3 aliphatic carbocycles. The zero-order chi connectivity index (χ0) is 24.2. The van der Waals surface area contributed by atoms with Crippen LogP contribution in [-0.4, -0.2) is 28.1 Å². The van der Waals surface area contributed by atoms with Crippen molar-refractivity contribution in [2.45, 2.75) is 58.3 Å². The summed E-state index contributed by atoms with van der Waals surface area (Å²) in [4.78, 5) is 43.5. The zero-order valence-electron chi connectivity index (χ0n) is 19.3. The zero-order valence-corrected chi connectivity index (χ0v) is 21.7. The van der Waals surface area contributed by atoms with Gasteiger partial charge in [-0.05, 0) is 95.8 Å². The molecular formula is C26H29BrN2O4S. The molecule has 2 saturated carbocycles. The fraction of sp³-hybridized carbons (Fsp3) is 0.538. The highest BCUT2D eigenvalue weighted by molar-refractivity contribution is 9.10. The van der Waals surface area contributed by atoms with E-state index in [4.69, 9.17) is 0 Å². The lowest BCUT2D eigenvalue weighted by Gasteiger charge is -2.50. The summed E-state index contributed by atoms with van der Waals surface area (Å²) < 4.78 is 0.774. The Kier molecular flexibility index (Phi) is 6.17. The minimum absolute atomic E-state index is 0.0598. The van der Waals surface area contributed by atoms with E-state index < -0.39 is 11.3 Å². The molecule has 1 aromatic heterocycles. The molecule has 0 radical (unpaired) electrons. The molecule has 6 unspecified atom stereocenters. The average Bonchev–Trinajstić information content (AvgIpc) is 3.32. The van der Waals surface area contributed by atoms with Crippen molar-refractivity contribution >= 4 is 50.4 Å². The largest absolute Gasteiger partial charge is 0.507 e. The van der Waals surface area contributed by atoms with E-state index in [9.17, 15) is 19.5 Å². The first-order valence-corrected chi connectivity index (χ1v) is 13.6. The number of hydrogen-bond donors (Lipinski definition) is 2. The number of hydrogen-bond acceptors (Lipinski definition) is 6. The van der Waals surface area contributed by atoms with E-state index in [1.165, 1.54) is 16.9 Å². The van der Waals surface area contributed by atoms with E-state index >= 15 is 0 Å². The lowest BCUT2D eigenvalue weighted by atomic mass is 9.54. The number of thiazole rings is 1. The molecular weight excluding hydrogens is 516 g/mol. The van der Waals surface area contributed by atoms with Crippen molar-refractivity contribution in [1.29, 1.82) is 0 Å². The number of nitrogens with one attached hydrogen (secondary N) is 1. The number of amides is 1. The number of anilines is 1. The van der Waals surface area contributed by atoms with Gasteiger partial charge in [-0.3, -0.25) is 9.59 Å². The maximum atomic E-state index is 13.5. The van der Waals surface area contributed by atoms with Crippen LogP contribution in [0.1, 0.15) is 60.9 Å². The maximum absolute atomic E-state index is 13.5. The second kappa shape index (κ2) is 8.86. The number of fused-ring (bicyclic) bond motifs is 5. The Bertz CT molecular complexity index is 1160. The third kappa shape index (κ3) is 3.73. The van der Waals surface area contributed by atoms with Gasteiger partial charge in [0.05, 0.1) is 10.4 Å². The van der Waals surface area contributed by atoms with Crippen molar-refractivity contribution in [2.75, 3.05) is 5.32 Å². The topological polar surface area (TPSA) is 96.4 Å². The Balaban J connectivity index is 1.41. The highest BCUT2D eigenvalue weighted by atomic mass is 79.9. The molecule has 0 aliphatic heterocycles. The number of benzene rings is 1. The summed E-state index contributed by atoms with van der Waals surface area (Å²) in [6, 6.07) is 3.77.